The summed E-state index contributed by atoms with van der Waals surface area (Å²) in [5.74, 6) is 1.74. The molecule has 0 bridgehead atoms. The van der Waals surface area contributed by atoms with E-state index in [1.54, 1.807) is 25.2 Å². The van der Waals surface area contributed by atoms with Crippen LogP contribution in [-0.4, -0.2) is 64.6 Å². The second kappa shape index (κ2) is 10.8. The molecule has 0 saturated carbocycles. The average Bonchev–Trinajstić information content (AvgIpc) is 2.98. The van der Waals surface area contributed by atoms with Crippen LogP contribution in [0.4, 0.5) is 0 Å². The second-order valence-electron chi connectivity index (χ2n) is 9.54. The molecule has 39 heavy (non-hydrogen) atoms. The van der Waals surface area contributed by atoms with E-state index in [2.05, 4.69) is 0 Å². The smallest absolute Gasteiger partial charge is 0.244 e. The standard InChI is InChI=1S/C29H32N2O7S/c1-35-25-10-9-23(16-28(25)38-4)39(33,34)31-18-21-8-6-5-7-19(21)13-24(31)29(32)30-12-11-20-14-26(36-2)27(37-3)15-22(20)17-30/h5-10,14-16,24H,11-13,17-18H2,1-4H3. The lowest BCUT2D eigenvalue weighted by Gasteiger charge is -2.39. The highest BCUT2D eigenvalue weighted by atomic mass is 32.2. The maximum absolute atomic E-state index is 14.1. The van der Waals surface area contributed by atoms with E-state index >= 15 is 0 Å². The first kappa shape index (κ1) is 26.8. The van der Waals surface area contributed by atoms with Crippen LogP contribution in [0.25, 0.3) is 0 Å². The lowest BCUT2D eigenvalue weighted by Crippen LogP contribution is -2.54. The minimum Gasteiger partial charge on any atom is -0.493 e. The number of carbonyl (C=O) groups excluding carboxylic acids is 1. The molecule has 1 atom stereocenters. The molecule has 0 saturated heterocycles. The summed E-state index contributed by atoms with van der Waals surface area (Å²) in [6.07, 6.45) is 0.921. The monoisotopic (exact) mass is 552 g/mol. The zero-order valence-corrected chi connectivity index (χ0v) is 23.3. The number of fused-ring (bicyclic) bond motifs is 2. The van der Waals surface area contributed by atoms with Gasteiger partial charge in [0.05, 0.1) is 33.3 Å². The van der Waals surface area contributed by atoms with Crippen molar-refractivity contribution in [2.75, 3.05) is 35.0 Å². The van der Waals surface area contributed by atoms with Gasteiger partial charge in [-0.2, -0.15) is 4.31 Å². The first-order valence-corrected chi connectivity index (χ1v) is 14.1. The largest absolute Gasteiger partial charge is 0.493 e. The molecule has 2 aliphatic heterocycles. The molecule has 0 radical (unpaired) electrons. The van der Waals surface area contributed by atoms with Gasteiger partial charge in [0, 0.05) is 25.7 Å². The van der Waals surface area contributed by atoms with Crippen LogP contribution in [0.2, 0.25) is 0 Å². The summed E-state index contributed by atoms with van der Waals surface area (Å²) in [5, 5.41) is 0. The van der Waals surface area contributed by atoms with Crippen molar-refractivity contribution in [3.63, 3.8) is 0 Å². The molecule has 2 heterocycles. The molecule has 0 spiro atoms. The lowest BCUT2D eigenvalue weighted by atomic mass is 9.93. The van der Waals surface area contributed by atoms with Gasteiger partial charge in [-0.25, -0.2) is 8.42 Å². The first-order valence-electron chi connectivity index (χ1n) is 12.6. The highest BCUT2D eigenvalue weighted by molar-refractivity contribution is 7.89. The van der Waals surface area contributed by atoms with Gasteiger partial charge in [-0.05, 0) is 59.4 Å². The minimum absolute atomic E-state index is 0.0400. The van der Waals surface area contributed by atoms with Crippen molar-refractivity contribution in [2.45, 2.75) is 36.9 Å². The van der Waals surface area contributed by atoms with Crippen LogP contribution < -0.4 is 18.9 Å². The average molecular weight is 553 g/mol. The Balaban J connectivity index is 1.50. The molecule has 5 rings (SSSR count). The third kappa shape index (κ3) is 4.90. The van der Waals surface area contributed by atoms with Gasteiger partial charge >= 0.3 is 0 Å². The van der Waals surface area contributed by atoms with Crippen LogP contribution in [0.5, 0.6) is 23.0 Å². The highest BCUT2D eigenvalue weighted by Gasteiger charge is 2.42. The predicted octanol–water partition coefficient (Wildman–Crippen LogP) is 3.42. The van der Waals surface area contributed by atoms with Gasteiger partial charge in [0.2, 0.25) is 15.9 Å². The third-order valence-electron chi connectivity index (χ3n) is 7.48. The van der Waals surface area contributed by atoms with E-state index in [0.717, 1.165) is 22.3 Å². The second-order valence-corrected chi connectivity index (χ2v) is 11.4. The molecule has 2 aliphatic rings. The Labute approximate surface area is 228 Å². The van der Waals surface area contributed by atoms with Crippen LogP contribution >= 0.6 is 0 Å². The van der Waals surface area contributed by atoms with Gasteiger partial charge in [-0.3, -0.25) is 4.79 Å². The number of rotatable bonds is 7. The number of methoxy groups -OCH3 is 4. The number of sulfonamides is 1. The number of carbonyl (C=O) groups is 1. The Morgan fingerprint density at radius 1 is 0.744 bits per heavy atom. The fourth-order valence-corrected chi connectivity index (χ4v) is 6.93. The highest BCUT2D eigenvalue weighted by Crippen LogP contribution is 2.36. The zero-order chi connectivity index (χ0) is 27.7. The fraction of sp³-hybridized carbons (Fsp3) is 0.345. The van der Waals surface area contributed by atoms with Crippen molar-refractivity contribution >= 4 is 15.9 Å². The molecule has 9 nitrogen and oxygen atoms in total. The van der Waals surface area contributed by atoms with E-state index < -0.39 is 16.1 Å². The maximum atomic E-state index is 14.1. The molecule has 0 aromatic heterocycles. The van der Waals surface area contributed by atoms with Crippen molar-refractivity contribution < 1.29 is 32.2 Å². The Morgan fingerprint density at radius 2 is 1.36 bits per heavy atom. The number of hydrogen-bond donors (Lipinski definition) is 0. The lowest BCUT2D eigenvalue weighted by molar-refractivity contribution is -0.136. The SMILES string of the molecule is COc1ccc(S(=O)(=O)N2Cc3ccccc3CC2C(=O)N2CCc3cc(OC)c(OC)cc3C2)cc1OC. The number of nitrogens with zero attached hydrogens (tertiary/aromatic N) is 2. The Hall–Kier alpha value is -3.76. The minimum atomic E-state index is -4.06. The number of amides is 1. The first-order chi connectivity index (χ1) is 18.8. The molecular weight excluding hydrogens is 520 g/mol. The summed E-state index contributed by atoms with van der Waals surface area (Å²) in [6, 6.07) is 15.1. The van der Waals surface area contributed by atoms with E-state index in [1.807, 2.05) is 36.4 Å². The van der Waals surface area contributed by atoms with Gasteiger partial charge in [-0.1, -0.05) is 24.3 Å². The normalized spacial score (nSPS) is 17.1. The summed E-state index contributed by atoms with van der Waals surface area (Å²) < 4.78 is 50.9. The third-order valence-corrected chi connectivity index (χ3v) is 9.33. The molecule has 0 fully saturated rings. The van der Waals surface area contributed by atoms with Crippen LogP contribution in [0.3, 0.4) is 0 Å². The molecule has 1 unspecified atom stereocenters. The van der Waals surface area contributed by atoms with Crippen LogP contribution in [0.1, 0.15) is 22.3 Å². The van der Waals surface area contributed by atoms with Gasteiger partial charge in [0.25, 0.3) is 0 Å². The summed E-state index contributed by atoms with van der Waals surface area (Å²) in [5.41, 5.74) is 3.89. The van der Waals surface area contributed by atoms with E-state index in [0.29, 0.717) is 42.5 Å². The molecule has 0 aliphatic carbocycles. The van der Waals surface area contributed by atoms with Crippen LogP contribution in [-0.2, 0) is 40.7 Å². The summed E-state index contributed by atoms with van der Waals surface area (Å²) in [6.45, 7) is 0.930. The Morgan fingerprint density at radius 3 is 2.03 bits per heavy atom. The van der Waals surface area contributed by atoms with E-state index in [4.69, 9.17) is 18.9 Å². The molecule has 206 valence electrons. The van der Waals surface area contributed by atoms with E-state index in [-0.39, 0.29) is 23.8 Å². The van der Waals surface area contributed by atoms with Crippen molar-refractivity contribution in [3.05, 3.63) is 76.9 Å². The summed E-state index contributed by atoms with van der Waals surface area (Å²) in [4.78, 5) is 15.9. The molecule has 0 N–H and O–H groups in total. The molecule has 3 aromatic carbocycles. The maximum Gasteiger partial charge on any atom is 0.244 e. The van der Waals surface area contributed by atoms with Crippen molar-refractivity contribution in [1.82, 2.24) is 9.21 Å². The van der Waals surface area contributed by atoms with Crippen LogP contribution in [0, 0.1) is 0 Å². The van der Waals surface area contributed by atoms with Gasteiger partial charge in [0.1, 0.15) is 6.04 Å². The number of ether oxygens (including phenoxy) is 4. The quantitative estimate of drug-likeness (QED) is 0.443. The summed E-state index contributed by atoms with van der Waals surface area (Å²) >= 11 is 0. The molecule has 1 amide bonds. The van der Waals surface area contributed by atoms with Gasteiger partial charge in [-0.15, -0.1) is 0 Å². The topological polar surface area (TPSA) is 94.6 Å². The Kier molecular flexibility index (Phi) is 7.42. The van der Waals surface area contributed by atoms with E-state index in [9.17, 15) is 13.2 Å². The van der Waals surface area contributed by atoms with Crippen molar-refractivity contribution in [1.29, 1.82) is 0 Å². The summed E-state index contributed by atoms with van der Waals surface area (Å²) in [7, 11) is 2.05. The fourth-order valence-electron chi connectivity index (χ4n) is 5.36. The van der Waals surface area contributed by atoms with Gasteiger partial charge in [0.15, 0.2) is 23.0 Å². The number of hydrogen-bond acceptors (Lipinski definition) is 7. The van der Waals surface area contributed by atoms with E-state index in [1.165, 1.54) is 30.7 Å². The Bertz CT molecular complexity index is 1510. The van der Waals surface area contributed by atoms with Gasteiger partial charge < -0.3 is 23.8 Å². The van der Waals surface area contributed by atoms with Crippen LogP contribution in [0.15, 0.2) is 59.5 Å². The molecule has 10 heteroatoms. The predicted molar refractivity (Wildman–Crippen MR) is 145 cm³/mol. The van der Waals surface area contributed by atoms with Crippen molar-refractivity contribution in [3.8, 4) is 23.0 Å². The van der Waals surface area contributed by atoms with Crippen molar-refractivity contribution in [2.24, 2.45) is 0 Å². The molecular formula is C29H32N2O7S. The number of benzene rings is 3. The zero-order valence-electron chi connectivity index (χ0n) is 22.5. The molecule has 3 aromatic rings.